The third-order valence-corrected chi connectivity index (χ3v) is 10.7. The Hall–Kier alpha value is -1.02. The van der Waals surface area contributed by atoms with Crippen molar-refractivity contribution >= 4 is 13.8 Å². The molecule has 9 heteroatoms. The number of esters is 1. The first kappa shape index (κ1) is 53.0. The topological polar surface area (TPSA) is 91.3 Å². The minimum atomic E-state index is -4.27. The second kappa shape index (κ2) is 38.8. The lowest BCUT2D eigenvalue weighted by atomic mass is 10.1. The highest BCUT2D eigenvalue weighted by atomic mass is 31.2. The number of rotatable bonds is 42. The molecule has 0 rings (SSSR count). The highest BCUT2D eigenvalue weighted by Gasteiger charge is 2.26. The first-order chi connectivity index (χ1) is 26.1. The first-order valence-corrected chi connectivity index (χ1v) is 24.1. The van der Waals surface area contributed by atoms with Crippen LogP contribution in [0.25, 0.3) is 0 Å². The molecule has 0 saturated heterocycles. The number of phosphoric acid groups is 1. The summed E-state index contributed by atoms with van der Waals surface area (Å²) in [5, 5.41) is 0. The van der Waals surface area contributed by atoms with E-state index in [2.05, 4.69) is 38.2 Å². The summed E-state index contributed by atoms with van der Waals surface area (Å²) in [6.45, 7) is 5.56. The van der Waals surface area contributed by atoms with Gasteiger partial charge in [-0.3, -0.25) is 13.8 Å². The number of quaternary nitrogens is 1. The van der Waals surface area contributed by atoms with Crippen LogP contribution in [0.15, 0.2) is 24.3 Å². The number of hydrogen-bond donors (Lipinski definition) is 1. The molecule has 0 amide bonds. The predicted octanol–water partition coefficient (Wildman–Crippen LogP) is 13.2. The van der Waals surface area contributed by atoms with E-state index in [0.717, 1.165) is 51.4 Å². The summed E-state index contributed by atoms with van der Waals surface area (Å²) in [4.78, 5) is 22.8. The number of carbonyl (C=O) groups excluding carboxylic acids is 1. The average Bonchev–Trinajstić information content (AvgIpc) is 3.12. The number of hydrogen-bond acceptors (Lipinski definition) is 6. The third kappa shape index (κ3) is 42.1. The maximum atomic E-state index is 12.6. The molecule has 320 valence electrons. The van der Waals surface area contributed by atoms with Crippen LogP contribution >= 0.6 is 7.82 Å². The van der Waals surface area contributed by atoms with Gasteiger partial charge >= 0.3 is 13.8 Å². The zero-order valence-electron chi connectivity index (χ0n) is 36.2. The molecule has 0 aromatic carbocycles. The highest BCUT2D eigenvalue weighted by Crippen LogP contribution is 2.43. The quantitative estimate of drug-likeness (QED) is 0.0217. The average molecular weight is 787 g/mol. The largest absolute Gasteiger partial charge is 0.472 e. The second-order valence-corrected chi connectivity index (χ2v) is 17.9. The fraction of sp³-hybridized carbons (Fsp3) is 0.889. The van der Waals surface area contributed by atoms with Crippen molar-refractivity contribution in [1.82, 2.24) is 0 Å². The standard InChI is InChI=1S/C45H88NO7P/c1-6-8-10-12-14-16-18-19-20-21-22-23-24-25-26-27-28-29-31-33-35-37-40-50-42-44(43-52-54(48,49)51-41-39-46(3,4)5)53-45(47)38-36-34-32-30-17-15-13-11-9-7-2/h11,13,21-22,44H,6-10,12,14-20,23-43H2,1-5H3/p+1/b13-11-,22-21-. The van der Waals surface area contributed by atoms with E-state index in [9.17, 15) is 14.3 Å². The van der Waals surface area contributed by atoms with Crippen LogP contribution in [0.1, 0.15) is 200 Å². The number of allylic oxidation sites excluding steroid dienone is 4. The molecule has 0 aliphatic carbocycles. The van der Waals surface area contributed by atoms with Crippen LogP contribution in [0, 0.1) is 0 Å². The molecule has 0 aromatic rings. The van der Waals surface area contributed by atoms with Gasteiger partial charge in [0.25, 0.3) is 0 Å². The third-order valence-electron chi connectivity index (χ3n) is 9.72. The molecule has 0 radical (unpaired) electrons. The summed E-state index contributed by atoms with van der Waals surface area (Å²) in [6.07, 6.45) is 43.7. The van der Waals surface area contributed by atoms with E-state index in [4.69, 9.17) is 18.5 Å². The summed E-state index contributed by atoms with van der Waals surface area (Å²) >= 11 is 0. The van der Waals surface area contributed by atoms with E-state index >= 15 is 0 Å². The van der Waals surface area contributed by atoms with Gasteiger partial charge in [-0.1, -0.05) is 160 Å². The van der Waals surface area contributed by atoms with Crippen molar-refractivity contribution in [1.29, 1.82) is 0 Å². The number of likely N-dealkylation sites (N-methyl/N-ethyl adjacent to an activating group) is 1. The number of carbonyl (C=O) groups is 1. The van der Waals surface area contributed by atoms with E-state index in [1.165, 1.54) is 128 Å². The summed E-state index contributed by atoms with van der Waals surface area (Å²) in [7, 11) is 1.66. The van der Waals surface area contributed by atoms with Crippen molar-refractivity contribution < 1.29 is 37.3 Å². The van der Waals surface area contributed by atoms with Crippen molar-refractivity contribution in [2.75, 3.05) is 54.1 Å². The summed E-state index contributed by atoms with van der Waals surface area (Å²) in [5.41, 5.74) is 0. The first-order valence-electron chi connectivity index (χ1n) is 22.6. The summed E-state index contributed by atoms with van der Waals surface area (Å²) < 4.78 is 34.9. The maximum Gasteiger partial charge on any atom is 0.472 e. The Morgan fingerprint density at radius 3 is 1.48 bits per heavy atom. The molecule has 0 aliphatic heterocycles. The van der Waals surface area contributed by atoms with Crippen LogP contribution < -0.4 is 0 Å². The zero-order valence-corrected chi connectivity index (χ0v) is 37.1. The van der Waals surface area contributed by atoms with Gasteiger partial charge < -0.3 is 18.9 Å². The number of nitrogens with zero attached hydrogens (tertiary/aromatic N) is 1. The molecule has 0 bridgehead atoms. The van der Waals surface area contributed by atoms with Crippen LogP contribution in [0.5, 0.6) is 0 Å². The second-order valence-electron chi connectivity index (χ2n) is 16.4. The van der Waals surface area contributed by atoms with Gasteiger partial charge in [-0.25, -0.2) is 4.57 Å². The molecule has 0 heterocycles. The fourth-order valence-electron chi connectivity index (χ4n) is 6.20. The van der Waals surface area contributed by atoms with Crippen LogP contribution in [-0.4, -0.2) is 75.6 Å². The van der Waals surface area contributed by atoms with Crippen molar-refractivity contribution in [3.8, 4) is 0 Å². The van der Waals surface area contributed by atoms with Gasteiger partial charge in [-0.15, -0.1) is 0 Å². The normalized spacial score (nSPS) is 14.0. The molecule has 2 atom stereocenters. The molecule has 54 heavy (non-hydrogen) atoms. The zero-order chi connectivity index (χ0) is 39.9. The van der Waals surface area contributed by atoms with Crippen molar-refractivity contribution in [2.45, 2.75) is 206 Å². The van der Waals surface area contributed by atoms with E-state index in [-0.39, 0.29) is 25.8 Å². The van der Waals surface area contributed by atoms with E-state index < -0.39 is 13.9 Å². The molecule has 0 spiro atoms. The van der Waals surface area contributed by atoms with Crippen LogP contribution in [0.2, 0.25) is 0 Å². The number of phosphoric ester groups is 1. The summed E-state index contributed by atoms with van der Waals surface area (Å²) in [6, 6.07) is 0. The van der Waals surface area contributed by atoms with Gasteiger partial charge in [0.1, 0.15) is 19.3 Å². The van der Waals surface area contributed by atoms with Crippen molar-refractivity contribution in [3.63, 3.8) is 0 Å². The van der Waals surface area contributed by atoms with E-state index in [0.29, 0.717) is 24.1 Å². The van der Waals surface area contributed by atoms with Gasteiger partial charge in [0, 0.05) is 13.0 Å². The molecule has 0 aliphatic rings. The van der Waals surface area contributed by atoms with Crippen LogP contribution in [-0.2, 0) is 27.9 Å². The van der Waals surface area contributed by atoms with Crippen molar-refractivity contribution in [2.24, 2.45) is 0 Å². The molecular weight excluding hydrogens is 697 g/mol. The Kier molecular flexibility index (Phi) is 38.1. The summed E-state index contributed by atoms with van der Waals surface area (Å²) in [5.74, 6) is -0.324. The fourth-order valence-corrected chi connectivity index (χ4v) is 6.94. The lowest BCUT2D eigenvalue weighted by Gasteiger charge is -2.24. The Balaban J connectivity index is 4.09. The Morgan fingerprint density at radius 2 is 1.00 bits per heavy atom. The Morgan fingerprint density at radius 1 is 0.556 bits per heavy atom. The van der Waals surface area contributed by atoms with Gasteiger partial charge in [0.15, 0.2) is 0 Å². The minimum Gasteiger partial charge on any atom is -0.457 e. The lowest BCUT2D eigenvalue weighted by Crippen LogP contribution is -2.37. The van der Waals surface area contributed by atoms with Crippen LogP contribution in [0.4, 0.5) is 0 Å². The van der Waals surface area contributed by atoms with Gasteiger partial charge in [-0.2, -0.15) is 0 Å². The Bertz CT molecular complexity index is 920. The highest BCUT2D eigenvalue weighted by molar-refractivity contribution is 7.47. The Labute approximate surface area is 334 Å². The molecular formula is C45H89NO7P+. The van der Waals surface area contributed by atoms with E-state index in [1.807, 2.05) is 21.1 Å². The minimum absolute atomic E-state index is 0.0879. The molecule has 0 aromatic heterocycles. The van der Waals surface area contributed by atoms with Gasteiger partial charge in [-0.05, 0) is 57.8 Å². The van der Waals surface area contributed by atoms with Crippen molar-refractivity contribution in [3.05, 3.63) is 24.3 Å². The lowest BCUT2D eigenvalue weighted by molar-refractivity contribution is -0.870. The van der Waals surface area contributed by atoms with Gasteiger partial charge in [0.05, 0.1) is 34.4 Å². The molecule has 1 N–H and O–H groups in total. The smallest absolute Gasteiger partial charge is 0.457 e. The predicted molar refractivity (Wildman–Crippen MR) is 229 cm³/mol. The van der Waals surface area contributed by atoms with Crippen LogP contribution in [0.3, 0.4) is 0 Å². The molecule has 0 fully saturated rings. The maximum absolute atomic E-state index is 12.6. The van der Waals surface area contributed by atoms with Gasteiger partial charge in [0.2, 0.25) is 0 Å². The molecule has 2 unspecified atom stereocenters. The number of unbranched alkanes of at least 4 members (excludes halogenated alkanes) is 24. The van der Waals surface area contributed by atoms with E-state index in [1.54, 1.807) is 0 Å². The monoisotopic (exact) mass is 787 g/mol. The number of ether oxygens (including phenoxy) is 2. The SMILES string of the molecule is CCC/C=C\CCCCCCCC(=O)OC(COCCCCCCCCCCCC/C=C\CCCCCCCCCC)COP(=O)(O)OCC[N+](C)(C)C. The molecule has 0 saturated carbocycles. The molecule has 8 nitrogen and oxygen atoms in total.